The molecule has 2 unspecified atom stereocenters. The summed E-state index contributed by atoms with van der Waals surface area (Å²) in [5.74, 6) is 0.947. The van der Waals surface area contributed by atoms with E-state index in [0.29, 0.717) is 6.54 Å². The normalized spacial score (nSPS) is 20.1. The SMILES string of the molecule is CC(C)(C)CC(O)CNC1CCOc2ccc(Br)cc21. The van der Waals surface area contributed by atoms with Crippen molar-refractivity contribution in [3.63, 3.8) is 0 Å². The monoisotopic (exact) mass is 341 g/mol. The summed E-state index contributed by atoms with van der Waals surface area (Å²) in [7, 11) is 0. The first-order valence-electron chi connectivity index (χ1n) is 7.19. The largest absolute Gasteiger partial charge is 0.493 e. The quantitative estimate of drug-likeness (QED) is 0.877. The molecular formula is C16H24BrNO2. The van der Waals surface area contributed by atoms with Crippen molar-refractivity contribution in [2.24, 2.45) is 5.41 Å². The van der Waals surface area contributed by atoms with Crippen LogP contribution in [0.1, 0.15) is 45.2 Å². The molecule has 1 aromatic carbocycles. The van der Waals surface area contributed by atoms with Crippen LogP contribution in [0, 0.1) is 5.41 Å². The minimum absolute atomic E-state index is 0.151. The molecule has 0 spiro atoms. The van der Waals surface area contributed by atoms with E-state index in [-0.39, 0.29) is 17.6 Å². The Hall–Kier alpha value is -0.580. The summed E-state index contributed by atoms with van der Waals surface area (Å²) in [4.78, 5) is 0. The van der Waals surface area contributed by atoms with Crippen LogP contribution in [-0.2, 0) is 0 Å². The number of hydrogen-bond donors (Lipinski definition) is 2. The average molecular weight is 342 g/mol. The number of nitrogens with one attached hydrogen (secondary N) is 1. The maximum atomic E-state index is 10.1. The third kappa shape index (κ3) is 4.47. The molecule has 3 nitrogen and oxygen atoms in total. The zero-order valence-corrected chi connectivity index (χ0v) is 14.0. The highest BCUT2D eigenvalue weighted by Crippen LogP contribution is 2.34. The van der Waals surface area contributed by atoms with E-state index in [9.17, 15) is 5.11 Å². The summed E-state index contributed by atoms with van der Waals surface area (Å²) in [6.45, 7) is 7.79. The summed E-state index contributed by atoms with van der Waals surface area (Å²) >= 11 is 3.50. The lowest BCUT2D eigenvalue weighted by Crippen LogP contribution is -2.34. The molecule has 2 atom stereocenters. The van der Waals surface area contributed by atoms with Crippen LogP contribution in [0.2, 0.25) is 0 Å². The standard InChI is InChI=1S/C16H24BrNO2/c1-16(2,3)9-12(19)10-18-14-6-7-20-15-5-4-11(17)8-13(14)15/h4-5,8,12,14,18-19H,6-7,9-10H2,1-3H3. The van der Waals surface area contributed by atoms with Gasteiger partial charge in [0, 0.05) is 29.0 Å². The molecule has 0 saturated carbocycles. The number of rotatable bonds is 4. The van der Waals surface area contributed by atoms with E-state index in [0.717, 1.165) is 29.7 Å². The van der Waals surface area contributed by atoms with Crippen molar-refractivity contribution in [3.8, 4) is 5.75 Å². The molecule has 0 radical (unpaired) electrons. The van der Waals surface area contributed by atoms with Gasteiger partial charge in [0.1, 0.15) is 5.75 Å². The van der Waals surface area contributed by atoms with Gasteiger partial charge in [-0.1, -0.05) is 36.7 Å². The lowest BCUT2D eigenvalue weighted by Gasteiger charge is -2.29. The zero-order chi connectivity index (χ0) is 14.8. The molecule has 1 aromatic rings. The first-order valence-corrected chi connectivity index (χ1v) is 7.98. The number of fused-ring (bicyclic) bond motifs is 1. The fourth-order valence-corrected chi connectivity index (χ4v) is 3.01. The second-order valence-electron chi connectivity index (χ2n) is 6.70. The van der Waals surface area contributed by atoms with Crippen molar-refractivity contribution in [2.45, 2.75) is 45.8 Å². The van der Waals surface area contributed by atoms with Gasteiger partial charge in [0.2, 0.25) is 0 Å². The first-order chi connectivity index (χ1) is 9.35. The minimum Gasteiger partial charge on any atom is -0.493 e. The molecular weight excluding hydrogens is 318 g/mol. The zero-order valence-electron chi connectivity index (χ0n) is 12.4. The summed E-state index contributed by atoms with van der Waals surface area (Å²) in [5.41, 5.74) is 1.33. The van der Waals surface area contributed by atoms with Crippen LogP contribution in [0.4, 0.5) is 0 Å². The Bertz CT molecular complexity index is 456. The number of aliphatic hydroxyl groups is 1. The van der Waals surface area contributed by atoms with Crippen molar-refractivity contribution >= 4 is 15.9 Å². The summed E-state index contributed by atoms with van der Waals surface area (Å²) in [5, 5.41) is 13.6. The molecule has 20 heavy (non-hydrogen) atoms. The summed E-state index contributed by atoms with van der Waals surface area (Å²) < 4.78 is 6.73. The maximum absolute atomic E-state index is 10.1. The Morgan fingerprint density at radius 1 is 1.45 bits per heavy atom. The van der Waals surface area contributed by atoms with Crippen LogP contribution >= 0.6 is 15.9 Å². The van der Waals surface area contributed by atoms with Crippen LogP contribution in [-0.4, -0.2) is 24.4 Å². The highest BCUT2D eigenvalue weighted by atomic mass is 79.9. The van der Waals surface area contributed by atoms with Crippen LogP contribution in [0.3, 0.4) is 0 Å². The number of benzene rings is 1. The first kappa shape index (κ1) is 15.8. The smallest absolute Gasteiger partial charge is 0.124 e. The van der Waals surface area contributed by atoms with E-state index in [1.165, 1.54) is 5.56 Å². The molecule has 2 N–H and O–H groups in total. The fraction of sp³-hybridized carbons (Fsp3) is 0.625. The minimum atomic E-state index is -0.312. The number of ether oxygens (including phenoxy) is 1. The Labute approximate surface area is 129 Å². The van der Waals surface area contributed by atoms with Crippen LogP contribution in [0.5, 0.6) is 5.75 Å². The van der Waals surface area contributed by atoms with Gasteiger partial charge < -0.3 is 15.2 Å². The number of hydrogen-bond acceptors (Lipinski definition) is 3. The van der Waals surface area contributed by atoms with Crippen molar-refractivity contribution in [1.29, 1.82) is 0 Å². The second-order valence-corrected chi connectivity index (χ2v) is 7.61. The predicted octanol–water partition coefficient (Wildman–Crippen LogP) is 3.66. The van der Waals surface area contributed by atoms with E-state index < -0.39 is 0 Å². The average Bonchev–Trinajstić information content (AvgIpc) is 2.34. The topological polar surface area (TPSA) is 41.5 Å². The van der Waals surface area contributed by atoms with Gasteiger partial charge in [-0.3, -0.25) is 0 Å². The molecule has 0 aliphatic carbocycles. The maximum Gasteiger partial charge on any atom is 0.124 e. The molecule has 0 amide bonds. The lowest BCUT2D eigenvalue weighted by molar-refractivity contribution is 0.113. The van der Waals surface area contributed by atoms with Crippen molar-refractivity contribution in [2.75, 3.05) is 13.2 Å². The van der Waals surface area contributed by atoms with E-state index in [4.69, 9.17) is 4.74 Å². The van der Waals surface area contributed by atoms with Crippen molar-refractivity contribution < 1.29 is 9.84 Å². The van der Waals surface area contributed by atoms with Crippen LogP contribution in [0.25, 0.3) is 0 Å². The summed E-state index contributed by atoms with van der Waals surface area (Å²) in [6.07, 6.45) is 1.42. The molecule has 0 aromatic heterocycles. The van der Waals surface area contributed by atoms with Crippen LogP contribution in [0.15, 0.2) is 22.7 Å². The van der Waals surface area contributed by atoms with Crippen molar-refractivity contribution in [3.05, 3.63) is 28.2 Å². The Morgan fingerprint density at radius 3 is 2.90 bits per heavy atom. The predicted molar refractivity (Wildman–Crippen MR) is 85.1 cm³/mol. The van der Waals surface area contributed by atoms with Gasteiger partial charge >= 0.3 is 0 Å². The molecule has 0 saturated heterocycles. The van der Waals surface area contributed by atoms with Crippen molar-refractivity contribution in [1.82, 2.24) is 5.32 Å². The molecule has 1 heterocycles. The molecule has 1 aliphatic heterocycles. The molecule has 0 bridgehead atoms. The highest BCUT2D eigenvalue weighted by Gasteiger charge is 2.23. The van der Waals surface area contributed by atoms with Gasteiger partial charge in [-0.05, 0) is 30.0 Å². The lowest BCUT2D eigenvalue weighted by atomic mass is 9.89. The Morgan fingerprint density at radius 2 is 2.20 bits per heavy atom. The third-order valence-corrected chi connectivity index (χ3v) is 3.95. The molecule has 1 aliphatic rings. The highest BCUT2D eigenvalue weighted by molar-refractivity contribution is 9.10. The Kier molecular flexibility index (Phi) is 5.10. The van der Waals surface area contributed by atoms with Gasteiger partial charge in [0.25, 0.3) is 0 Å². The van der Waals surface area contributed by atoms with Gasteiger partial charge in [-0.2, -0.15) is 0 Å². The summed E-state index contributed by atoms with van der Waals surface area (Å²) in [6, 6.07) is 6.35. The van der Waals surface area contributed by atoms with E-state index >= 15 is 0 Å². The van der Waals surface area contributed by atoms with Gasteiger partial charge in [0.05, 0.1) is 12.7 Å². The Balaban J connectivity index is 1.97. The number of aliphatic hydroxyl groups excluding tert-OH is 1. The fourth-order valence-electron chi connectivity index (χ4n) is 2.63. The number of halogens is 1. The second kappa shape index (κ2) is 6.46. The van der Waals surface area contributed by atoms with Crippen LogP contribution < -0.4 is 10.1 Å². The van der Waals surface area contributed by atoms with E-state index in [1.807, 2.05) is 12.1 Å². The third-order valence-electron chi connectivity index (χ3n) is 3.46. The van der Waals surface area contributed by atoms with Gasteiger partial charge in [-0.15, -0.1) is 0 Å². The molecule has 4 heteroatoms. The van der Waals surface area contributed by atoms with Gasteiger partial charge in [0.15, 0.2) is 0 Å². The molecule has 112 valence electrons. The van der Waals surface area contributed by atoms with Gasteiger partial charge in [-0.25, -0.2) is 0 Å². The molecule has 0 fully saturated rings. The van der Waals surface area contributed by atoms with E-state index in [1.54, 1.807) is 0 Å². The van der Waals surface area contributed by atoms with E-state index in [2.05, 4.69) is 48.1 Å². The molecule has 2 rings (SSSR count).